The molecule has 152 valence electrons. The summed E-state index contributed by atoms with van der Waals surface area (Å²) < 4.78 is 22.4. The van der Waals surface area contributed by atoms with Gasteiger partial charge in [-0.15, -0.1) is 0 Å². The molecule has 4 rings (SSSR count). The van der Waals surface area contributed by atoms with E-state index >= 15 is 0 Å². The number of fused-ring (bicyclic) bond motifs is 1. The topological polar surface area (TPSA) is 54.0 Å². The molecule has 0 N–H and O–H groups in total. The van der Waals surface area contributed by atoms with Gasteiger partial charge >= 0.3 is 0 Å². The normalized spacial score (nSPS) is 13.7. The van der Waals surface area contributed by atoms with Gasteiger partial charge in [0.25, 0.3) is 0 Å². The number of halogens is 1. The first kappa shape index (κ1) is 19.9. The summed E-state index contributed by atoms with van der Waals surface area (Å²) in [6.45, 7) is 0.383. The first-order valence-corrected chi connectivity index (χ1v) is 9.63. The Morgan fingerprint density at radius 2 is 1.80 bits per heavy atom. The molecule has 0 saturated heterocycles. The molecule has 0 amide bonds. The molecule has 1 aliphatic rings. The van der Waals surface area contributed by atoms with E-state index < -0.39 is 0 Å². The Hall–Kier alpha value is -3.44. The lowest BCUT2D eigenvalue weighted by Crippen LogP contribution is -1.99. The van der Waals surface area contributed by atoms with E-state index in [0.717, 1.165) is 5.56 Å². The highest BCUT2D eigenvalue weighted by atomic mass is 35.5. The van der Waals surface area contributed by atoms with E-state index in [4.69, 9.17) is 30.5 Å². The summed E-state index contributed by atoms with van der Waals surface area (Å²) in [6, 6.07) is 18.0. The van der Waals surface area contributed by atoms with Crippen molar-refractivity contribution in [3.05, 3.63) is 88.1 Å². The number of methoxy groups -OCH3 is 2. The molecule has 1 heterocycles. The number of ketones is 1. The highest BCUT2D eigenvalue weighted by Crippen LogP contribution is 2.37. The Labute approximate surface area is 179 Å². The number of benzene rings is 3. The monoisotopic (exact) mass is 422 g/mol. The summed E-state index contributed by atoms with van der Waals surface area (Å²) in [5.74, 6) is 2.20. The minimum absolute atomic E-state index is 0.195. The Kier molecular flexibility index (Phi) is 5.63. The van der Waals surface area contributed by atoms with Crippen LogP contribution in [0.5, 0.6) is 23.0 Å². The zero-order valence-electron chi connectivity index (χ0n) is 16.5. The van der Waals surface area contributed by atoms with Gasteiger partial charge in [-0.2, -0.15) is 0 Å². The fourth-order valence-corrected chi connectivity index (χ4v) is 3.30. The average molecular weight is 423 g/mol. The fraction of sp³-hybridized carbons (Fsp3) is 0.125. The van der Waals surface area contributed by atoms with Crippen LogP contribution in [0.4, 0.5) is 0 Å². The Morgan fingerprint density at radius 3 is 2.53 bits per heavy atom. The molecular formula is C24H19ClO5. The summed E-state index contributed by atoms with van der Waals surface area (Å²) in [6.07, 6.45) is 1.65. The van der Waals surface area contributed by atoms with Gasteiger partial charge in [0.05, 0.1) is 19.8 Å². The Morgan fingerprint density at radius 1 is 1.00 bits per heavy atom. The minimum atomic E-state index is -0.195. The molecule has 0 aromatic heterocycles. The van der Waals surface area contributed by atoms with E-state index in [1.807, 2.05) is 36.4 Å². The zero-order valence-corrected chi connectivity index (χ0v) is 17.2. The van der Waals surface area contributed by atoms with Crippen molar-refractivity contribution < 1.29 is 23.7 Å². The lowest BCUT2D eigenvalue weighted by molar-refractivity contribution is 0.101. The second-order valence-electron chi connectivity index (χ2n) is 6.60. The van der Waals surface area contributed by atoms with Crippen LogP contribution in [-0.2, 0) is 6.61 Å². The summed E-state index contributed by atoms with van der Waals surface area (Å²) in [7, 11) is 3.11. The second-order valence-corrected chi connectivity index (χ2v) is 7.03. The molecule has 0 radical (unpaired) electrons. The Balaban J connectivity index is 1.54. The van der Waals surface area contributed by atoms with Crippen molar-refractivity contribution in [1.82, 2.24) is 0 Å². The van der Waals surface area contributed by atoms with Crippen LogP contribution in [0.2, 0.25) is 5.02 Å². The highest BCUT2D eigenvalue weighted by Gasteiger charge is 2.28. The molecule has 30 heavy (non-hydrogen) atoms. The van der Waals surface area contributed by atoms with Gasteiger partial charge in [0, 0.05) is 16.7 Å². The van der Waals surface area contributed by atoms with Crippen LogP contribution in [0.25, 0.3) is 6.08 Å². The van der Waals surface area contributed by atoms with Crippen molar-refractivity contribution in [2.24, 2.45) is 0 Å². The summed E-state index contributed by atoms with van der Waals surface area (Å²) in [4.78, 5) is 12.8. The first-order chi connectivity index (χ1) is 14.6. The number of hydrogen-bond acceptors (Lipinski definition) is 5. The molecule has 6 heteroatoms. The molecule has 0 spiro atoms. The number of rotatable bonds is 6. The van der Waals surface area contributed by atoms with Crippen LogP contribution in [0, 0.1) is 0 Å². The smallest absolute Gasteiger partial charge is 0.231 e. The van der Waals surface area contributed by atoms with Crippen molar-refractivity contribution in [1.29, 1.82) is 0 Å². The molecule has 3 aromatic rings. The van der Waals surface area contributed by atoms with Gasteiger partial charge in [-0.05, 0) is 42.0 Å². The van der Waals surface area contributed by atoms with Crippen LogP contribution >= 0.6 is 11.6 Å². The average Bonchev–Trinajstić information content (AvgIpc) is 3.07. The molecule has 0 unspecified atom stereocenters. The standard InChI is InChI=1S/C24H19ClO5/c1-27-20-5-3-4-16(24(20)28-2)12-22-23(26)19-11-10-18(13-21(19)30-22)29-14-15-6-8-17(25)9-7-15/h3-13H,14H2,1-2H3. The number of hydrogen-bond donors (Lipinski definition) is 0. The number of allylic oxidation sites excluding steroid dienone is 1. The van der Waals surface area contributed by atoms with Crippen molar-refractivity contribution in [2.45, 2.75) is 6.61 Å². The van der Waals surface area contributed by atoms with Crippen molar-refractivity contribution >= 4 is 23.5 Å². The van der Waals surface area contributed by atoms with E-state index in [1.54, 1.807) is 44.6 Å². The first-order valence-electron chi connectivity index (χ1n) is 9.25. The maximum Gasteiger partial charge on any atom is 0.231 e. The maximum absolute atomic E-state index is 12.8. The lowest BCUT2D eigenvalue weighted by Gasteiger charge is -2.10. The van der Waals surface area contributed by atoms with Gasteiger partial charge < -0.3 is 18.9 Å². The Bertz CT molecular complexity index is 1120. The van der Waals surface area contributed by atoms with Gasteiger partial charge in [-0.3, -0.25) is 4.79 Å². The van der Waals surface area contributed by atoms with Crippen molar-refractivity contribution in [3.8, 4) is 23.0 Å². The summed E-state index contributed by atoms with van der Waals surface area (Å²) in [5, 5.41) is 0.676. The van der Waals surface area contributed by atoms with Crippen LogP contribution < -0.4 is 18.9 Å². The van der Waals surface area contributed by atoms with E-state index in [-0.39, 0.29) is 11.5 Å². The van der Waals surface area contributed by atoms with E-state index in [2.05, 4.69) is 0 Å². The number of Topliss-reactive ketones (excluding diaryl/α,β-unsaturated/α-hetero) is 1. The molecule has 0 bridgehead atoms. The van der Waals surface area contributed by atoms with Gasteiger partial charge in [0.1, 0.15) is 18.1 Å². The number of carbonyl (C=O) groups is 1. The predicted molar refractivity (Wildman–Crippen MR) is 115 cm³/mol. The second kappa shape index (κ2) is 8.51. The lowest BCUT2D eigenvalue weighted by atomic mass is 10.1. The molecular weight excluding hydrogens is 404 g/mol. The quantitative estimate of drug-likeness (QED) is 0.487. The molecule has 0 saturated carbocycles. The molecule has 1 aliphatic heterocycles. The maximum atomic E-state index is 12.8. The van der Waals surface area contributed by atoms with Gasteiger partial charge in [-0.25, -0.2) is 0 Å². The third kappa shape index (κ3) is 3.98. The predicted octanol–water partition coefficient (Wildman–Crippen LogP) is 5.55. The molecule has 0 fully saturated rings. The third-order valence-corrected chi connectivity index (χ3v) is 4.93. The van der Waals surface area contributed by atoms with E-state index in [0.29, 0.717) is 45.8 Å². The van der Waals surface area contributed by atoms with Crippen LogP contribution in [0.1, 0.15) is 21.5 Å². The highest BCUT2D eigenvalue weighted by molar-refractivity contribution is 6.30. The molecule has 3 aromatic carbocycles. The number of carbonyl (C=O) groups excluding carboxylic acids is 1. The van der Waals surface area contributed by atoms with Gasteiger partial charge in [0.2, 0.25) is 5.78 Å². The number of para-hydroxylation sites is 1. The zero-order chi connectivity index (χ0) is 21.1. The number of ether oxygens (including phenoxy) is 4. The minimum Gasteiger partial charge on any atom is -0.493 e. The van der Waals surface area contributed by atoms with Gasteiger partial charge in [-0.1, -0.05) is 35.9 Å². The van der Waals surface area contributed by atoms with Crippen molar-refractivity contribution in [3.63, 3.8) is 0 Å². The van der Waals surface area contributed by atoms with Crippen LogP contribution in [0.15, 0.2) is 66.4 Å². The summed E-state index contributed by atoms with van der Waals surface area (Å²) >= 11 is 5.90. The van der Waals surface area contributed by atoms with E-state index in [9.17, 15) is 4.79 Å². The van der Waals surface area contributed by atoms with Crippen LogP contribution in [-0.4, -0.2) is 20.0 Å². The molecule has 0 aliphatic carbocycles. The summed E-state index contributed by atoms with van der Waals surface area (Å²) in [5.41, 5.74) is 2.16. The van der Waals surface area contributed by atoms with Gasteiger partial charge in [0.15, 0.2) is 17.3 Å². The SMILES string of the molecule is COc1cccc(C=C2Oc3cc(OCc4ccc(Cl)cc4)ccc3C2=O)c1OC. The molecule has 5 nitrogen and oxygen atoms in total. The fourth-order valence-electron chi connectivity index (χ4n) is 3.17. The van der Waals surface area contributed by atoms with E-state index in [1.165, 1.54) is 0 Å². The van der Waals surface area contributed by atoms with Crippen LogP contribution in [0.3, 0.4) is 0 Å². The third-order valence-electron chi connectivity index (χ3n) is 4.68. The van der Waals surface area contributed by atoms with Crippen molar-refractivity contribution in [2.75, 3.05) is 14.2 Å². The molecule has 0 atom stereocenters. The largest absolute Gasteiger partial charge is 0.493 e.